The monoisotopic (exact) mass is 625 g/mol. The van der Waals surface area contributed by atoms with E-state index in [0.29, 0.717) is 0 Å². The Balaban J connectivity index is 1.20. The summed E-state index contributed by atoms with van der Waals surface area (Å²) in [5, 5.41) is 10.3. The third-order valence-electron chi connectivity index (χ3n) is 10.2. The summed E-state index contributed by atoms with van der Waals surface area (Å²) in [5.41, 5.74) is 9.65. The van der Waals surface area contributed by atoms with E-state index in [1.165, 1.54) is 43.7 Å². The molecule has 0 aliphatic heterocycles. The van der Waals surface area contributed by atoms with E-state index in [0.717, 1.165) is 60.7 Å². The predicted octanol–water partition coefficient (Wildman–Crippen LogP) is 13.1. The van der Waals surface area contributed by atoms with Crippen LogP contribution in [0.3, 0.4) is 0 Å². The van der Waals surface area contributed by atoms with Crippen LogP contribution in [0.1, 0.15) is 0 Å². The standard InChI is InChI=1S/C46H27NO2/c1-2-12-30(13-3-1)47-38-20-10-8-14-31(38)37-26-28(22-24-39(37)47)43-32-15-4-6-17-34(32)44(35-18-7-5-16-33(35)43)42-27-29-23-25-41-45(46(29)49-42)36-19-9-11-21-40(36)48-41/h1-27H. The highest BCUT2D eigenvalue weighted by atomic mass is 16.3. The van der Waals surface area contributed by atoms with E-state index in [2.05, 4.69) is 156 Å². The second-order valence-corrected chi connectivity index (χ2v) is 12.8. The molecule has 3 heterocycles. The van der Waals surface area contributed by atoms with Crippen LogP contribution in [0.4, 0.5) is 0 Å². The SMILES string of the molecule is c1ccc(-n2c3ccccc3c3cc(-c4c5ccccc5c(-c5cc6ccc7oc8ccccc8c7c6o5)c5ccccc45)ccc32)cc1. The first-order valence-electron chi connectivity index (χ1n) is 16.7. The Bertz CT molecular complexity index is 3050. The van der Waals surface area contributed by atoms with E-state index in [1.807, 2.05) is 12.1 Å². The Labute approximate surface area is 280 Å². The molecular formula is C46H27NO2. The van der Waals surface area contributed by atoms with E-state index >= 15 is 0 Å². The van der Waals surface area contributed by atoms with E-state index in [-0.39, 0.29) is 0 Å². The minimum atomic E-state index is 0.837. The highest BCUT2D eigenvalue weighted by Crippen LogP contribution is 2.47. The van der Waals surface area contributed by atoms with Crippen molar-refractivity contribution in [2.45, 2.75) is 0 Å². The lowest BCUT2D eigenvalue weighted by Crippen LogP contribution is -1.93. The van der Waals surface area contributed by atoms with Gasteiger partial charge in [0, 0.05) is 32.8 Å². The largest absolute Gasteiger partial charge is 0.456 e. The highest BCUT2D eigenvalue weighted by Gasteiger charge is 2.22. The zero-order valence-corrected chi connectivity index (χ0v) is 26.4. The van der Waals surface area contributed by atoms with Gasteiger partial charge in [-0.15, -0.1) is 0 Å². The van der Waals surface area contributed by atoms with Crippen molar-refractivity contribution in [2.24, 2.45) is 0 Å². The molecular weight excluding hydrogens is 599 g/mol. The predicted molar refractivity (Wildman–Crippen MR) is 204 cm³/mol. The maximum absolute atomic E-state index is 6.88. The average molecular weight is 626 g/mol. The molecule has 0 atom stereocenters. The molecule has 0 radical (unpaired) electrons. The van der Waals surface area contributed by atoms with E-state index in [9.17, 15) is 0 Å². The number of fused-ring (bicyclic) bond motifs is 10. The third-order valence-corrected chi connectivity index (χ3v) is 10.2. The molecule has 0 aliphatic carbocycles. The van der Waals surface area contributed by atoms with Crippen LogP contribution in [-0.4, -0.2) is 4.57 Å². The fourth-order valence-corrected chi connectivity index (χ4v) is 8.12. The Kier molecular flexibility index (Phi) is 5.38. The summed E-state index contributed by atoms with van der Waals surface area (Å²) in [5.74, 6) is 0.855. The molecule has 0 N–H and O–H groups in total. The van der Waals surface area contributed by atoms with Gasteiger partial charge in [-0.05, 0) is 87.3 Å². The molecule has 3 nitrogen and oxygen atoms in total. The van der Waals surface area contributed by atoms with Gasteiger partial charge in [-0.25, -0.2) is 0 Å². The highest BCUT2D eigenvalue weighted by molar-refractivity contribution is 6.23. The Morgan fingerprint density at radius 3 is 1.76 bits per heavy atom. The minimum absolute atomic E-state index is 0.837. The van der Waals surface area contributed by atoms with Gasteiger partial charge in [0.1, 0.15) is 22.5 Å². The molecule has 0 bridgehead atoms. The number of rotatable bonds is 3. The summed E-state index contributed by atoms with van der Waals surface area (Å²) in [6.07, 6.45) is 0. The van der Waals surface area contributed by atoms with Crippen molar-refractivity contribution in [2.75, 3.05) is 0 Å². The van der Waals surface area contributed by atoms with E-state index in [1.54, 1.807) is 0 Å². The molecule has 8 aromatic carbocycles. The fourth-order valence-electron chi connectivity index (χ4n) is 8.12. The van der Waals surface area contributed by atoms with Crippen molar-refractivity contribution in [3.05, 3.63) is 164 Å². The third kappa shape index (κ3) is 3.73. The van der Waals surface area contributed by atoms with Gasteiger partial charge in [-0.2, -0.15) is 0 Å². The van der Waals surface area contributed by atoms with Crippen molar-refractivity contribution >= 4 is 76.3 Å². The van der Waals surface area contributed by atoms with Crippen molar-refractivity contribution in [3.63, 3.8) is 0 Å². The molecule has 0 spiro atoms. The first kappa shape index (κ1) is 26.5. The first-order valence-corrected chi connectivity index (χ1v) is 16.7. The van der Waals surface area contributed by atoms with Gasteiger partial charge in [0.25, 0.3) is 0 Å². The summed E-state index contributed by atoms with van der Waals surface area (Å²) < 4.78 is 15.5. The van der Waals surface area contributed by atoms with Gasteiger partial charge >= 0.3 is 0 Å². The van der Waals surface area contributed by atoms with Gasteiger partial charge in [0.2, 0.25) is 0 Å². The van der Waals surface area contributed by atoms with E-state index < -0.39 is 0 Å². The molecule has 0 fully saturated rings. The molecule has 0 unspecified atom stereocenters. The van der Waals surface area contributed by atoms with Crippen LogP contribution in [0.15, 0.2) is 173 Å². The zero-order valence-electron chi connectivity index (χ0n) is 26.4. The second-order valence-electron chi connectivity index (χ2n) is 12.8. The molecule has 3 aromatic heterocycles. The van der Waals surface area contributed by atoms with Crippen LogP contribution in [0.5, 0.6) is 0 Å². The summed E-state index contributed by atoms with van der Waals surface area (Å²) in [6.45, 7) is 0. The smallest absolute Gasteiger partial charge is 0.146 e. The van der Waals surface area contributed by atoms with Crippen LogP contribution in [0.25, 0.3) is 104 Å². The number of para-hydroxylation sites is 3. The number of hydrogen-bond acceptors (Lipinski definition) is 2. The number of nitrogens with zero attached hydrogens (tertiary/aromatic N) is 1. The lowest BCUT2D eigenvalue weighted by atomic mass is 9.87. The molecule has 228 valence electrons. The normalized spacial score (nSPS) is 12.1. The summed E-state index contributed by atoms with van der Waals surface area (Å²) in [7, 11) is 0. The number of furan rings is 2. The maximum atomic E-state index is 6.88. The number of aromatic nitrogens is 1. The Hall–Kier alpha value is -6.58. The lowest BCUT2D eigenvalue weighted by molar-refractivity contribution is 0.635. The lowest BCUT2D eigenvalue weighted by Gasteiger charge is -2.16. The van der Waals surface area contributed by atoms with Crippen molar-refractivity contribution in [3.8, 4) is 28.1 Å². The molecule has 11 aromatic rings. The quantitative estimate of drug-likeness (QED) is 0.183. The van der Waals surface area contributed by atoms with Crippen LogP contribution >= 0.6 is 0 Å². The van der Waals surface area contributed by atoms with Crippen LogP contribution in [0, 0.1) is 0 Å². The van der Waals surface area contributed by atoms with Crippen LogP contribution in [0.2, 0.25) is 0 Å². The summed E-state index contributed by atoms with van der Waals surface area (Å²) >= 11 is 0. The molecule has 3 heteroatoms. The van der Waals surface area contributed by atoms with Gasteiger partial charge in [-0.1, -0.05) is 109 Å². The zero-order chi connectivity index (χ0) is 32.1. The second kappa shape index (κ2) is 9.96. The summed E-state index contributed by atoms with van der Waals surface area (Å²) in [4.78, 5) is 0. The topological polar surface area (TPSA) is 31.2 Å². The Morgan fingerprint density at radius 1 is 0.388 bits per heavy atom. The molecule has 11 rings (SSSR count). The van der Waals surface area contributed by atoms with Gasteiger partial charge in [-0.3, -0.25) is 0 Å². The maximum Gasteiger partial charge on any atom is 0.146 e. The molecule has 0 saturated carbocycles. The average Bonchev–Trinajstić information content (AvgIpc) is 3.85. The van der Waals surface area contributed by atoms with Crippen LogP contribution < -0.4 is 0 Å². The minimum Gasteiger partial charge on any atom is -0.456 e. The molecule has 0 saturated heterocycles. The number of benzene rings is 8. The summed E-state index contributed by atoms with van der Waals surface area (Å²) in [6, 6.07) is 58.4. The van der Waals surface area contributed by atoms with Gasteiger partial charge < -0.3 is 13.4 Å². The van der Waals surface area contributed by atoms with Crippen molar-refractivity contribution < 1.29 is 8.83 Å². The fraction of sp³-hybridized carbons (Fsp3) is 0. The number of hydrogen-bond donors (Lipinski definition) is 0. The Morgan fingerprint density at radius 2 is 1.00 bits per heavy atom. The van der Waals surface area contributed by atoms with Crippen molar-refractivity contribution in [1.82, 2.24) is 4.57 Å². The van der Waals surface area contributed by atoms with E-state index in [4.69, 9.17) is 8.83 Å². The van der Waals surface area contributed by atoms with Gasteiger partial charge in [0.15, 0.2) is 0 Å². The van der Waals surface area contributed by atoms with Crippen LogP contribution in [-0.2, 0) is 0 Å². The molecule has 49 heavy (non-hydrogen) atoms. The van der Waals surface area contributed by atoms with Gasteiger partial charge in [0.05, 0.1) is 16.4 Å². The molecule has 0 aliphatic rings. The molecule has 0 amide bonds. The first-order chi connectivity index (χ1) is 24.3. The van der Waals surface area contributed by atoms with Crippen molar-refractivity contribution in [1.29, 1.82) is 0 Å².